The zero-order chi connectivity index (χ0) is 18.1. The molecule has 2 aliphatic rings. The van der Waals surface area contributed by atoms with Crippen molar-refractivity contribution in [3.8, 4) is 5.75 Å². The van der Waals surface area contributed by atoms with Gasteiger partial charge >= 0.3 is 0 Å². The van der Waals surface area contributed by atoms with Crippen molar-refractivity contribution in [3.63, 3.8) is 0 Å². The lowest BCUT2D eigenvalue weighted by Gasteiger charge is -2.22. The minimum absolute atomic E-state index is 0.0676. The number of hydrogen-bond acceptors (Lipinski definition) is 5. The first-order valence-electron chi connectivity index (χ1n) is 8.43. The van der Waals surface area contributed by atoms with Crippen molar-refractivity contribution in [1.29, 1.82) is 0 Å². The molecular formula is C17H18ClN5O3. The lowest BCUT2D eigenvalue weighted by Crippen LogP contribution is -2.32. The third kappa shape index (κ3) is 3.38. The zero-order valence-corrected chi connectivity index (χ0v) is 14.7. The van der Waals surface area contributed by atoms with Crippen molar-refractivity contribution in [3.05, 3.63) is 35.1 Å². The second-order valence-electron chi connectivity index (χ2n) is 6.30. The number of ether oxygens (including phenoxy) is 1. The monoisotopic (exact) mass is 375 g/mol. The predicted octanol–water partition coefficient (Wildman–Crippen LogP) is 2.04. The average Bonchev–Trinajstić information content (AvgIpc) is 3.13. The lowest BCUT2D eigenvalue weighted by atomic mass is 10.1. The van der Waals surface area contributed by atoms with Crippen LogP contribution in [0.4, 0.5) is 11.4 Å². The van der Waals surface area contributed by atoms with Gasteiger partial charge in [0.15, 0.2) is 12.3 Å². The fourth-order valence-electron chi connectivity index (χ4n) is 3.10. The molecule has 0 bridgehead atoms. The summed E-state index contributed by atoms with van der Waals surface area (Å²) in [6.45, 7) is 1.80. The van der Waals surface area contributed by atoms with Crippen LogP contribution >= 0.6 is 11.6 Å². The first-order chi connectivity index (χ1) is 12.6. The molecule has 8 nitrogen and oxygen atoms in total. The minimum atomic E-state index is -0.353. The maximum Gasteiger partial charge on any atom is 0.276 e. The molecule has 1 saturated heterocycles. The summed E-state index contributed by atoms with van der Waals surface area (Å²) < 4.78 is 7.18. The van der Waals surface area contributed by atoms with E-state index in [0.717, 1.165) is 25.9 Å². The third-order valence-electron chi connectivity index (χ3n) is 4.44. The van der Waals surface area contributed by atoms with Crippen molar-refractivity contribution in [1.82, 2.24) is 15.1 Å². The molecule has 1 aromatic carbocycles. The van der Waals surface area contributed by atoms with Crippen LogP contribution in [0.1, 0.15) is 29.4 Å². The summed E-state index contributed by atoms with van der Waals surface area (Å²) in [5.74, 6) is -0.134. The first-order valence-corrected chi connectivity index (χ1v) is 8.81. The van der Waals surface area contributed by atoms with Crippen molar-refractivity contribution >= 4 is 34.8 Å². The third-order valence-corrected chi connectivity index (χ3v) is 4.75. The number of nitrogens with one attached hydrogen (secondary N) is 3. The highest BCUT2D eigenvalue weighted by molar-refractivity contribution is 6.34. The van der Waals surface area contributed by atoms with Gasteiger partial charge < -0.3 is 20.7 Å². The van der Waals surface area contributed by atoms with E-state index >= 15 is 0 Å². The Morgan fingerprint density at radius 2 is 2.31 bits per heavy atom. The number of nitrogens with zero attached hydrogens (tertiary/aromatic N) is 2. The van der Waals surface area contributed by atoms with E-state index in [1.165, 1.54) is 0 Å². The molecule has 4 rings (SSSR count). The number of anilines is 2. The van der Waals surface area contributed by atoms with Crippen LogP contribution in [0.2, 0.25) is 5.02 Å². The van der Waals surface area contributed by atoms with Crippen LogP contribution in [0.5, 0.6) is 5.75 Å². The number of carbonyl (C=O) groups excluding carboxylic acids is 2. The Morgan fingerprint density at radius 3 is 3.12 bits per heavy atom. The van der Waals surface area contributed by atoms with Crippen LogP contribution in [0.3, 0.4) is 0 Å². The Hall–Kier alpha value is -2.58. The molecule has 2 aromatic rings. The molecule has 1 fully saturated rings. The Balaban J connectivity index is 1.50. The van der Waals surface area contributed by atoms with Crippen LogP contribution < -0.4 is 20.7 Å². The van der Waals surface area contributed by atoms with Gasteiger partial charge in [-0.15, -0.1) is 0 Å². The molecule has 2 aliphatic heterocycles. The average molecular weight is 376 g/mol. The number of piperidine rings is 1. The summed E-state index contributed by atoms with van der Waals surface area (Å²) in [4.78, 5) is 23.9. The van der Waals surface area contributed by atoms with Crippen molar-refractivity contribution in [2.24, 2.45) is 0 Å². The van der Waals surface area contributed by atoms with E-state index in [2.05, 4.69) is 21.0 Å². The molecule has 26 heavy (non-hydrogen) atoms. The van der Waals surface area contributed by atoms with Gasteiger partial charge in [-0.25, -0.2) is 0 Å². The minimum Gasteiger partial charge on any atom is -0.482 e. The first kappa shape index (κ1) is 16.9. The largest absolute Gasteiger partial charge is 0.482 e. The van der Waals surface area contributed by atoms with Crippen LogP contribution in [0.25, 0.3) is 0 Å². The summed E-state index contributed by atoms with van der Waals surface area (Å²) in [6, 6.07) is 5.09. The van der Waals surface area contributed by atoms with Gasteiger partial charge in [-0.1, -0.05) is 11.6 Å². The fourth-order valence-corrected chi connectivity index (χ4v) is 3.31. The number of aromatic nitrogens is 2. The van der Waals surface area contributed by atoms with E-state index in [0.29, 0.717) is 27.8 Å². The highest BCUT2D eigenvalue weighted by Crippen LogP contribution is 2.36. The molecule has 1 aromatic heterocycles. The van der Waals surface area contributed by atoms with Crippen molar-refractivity contribution in [2.75, 3.05) is 30.3 Å². The van der Waals surface area contributed by atoms with Crippen molar-refractivity contribution in [2.45, 2.75) is 18.9 Å². The Kier molecular flexibility index (Phi) is 4.52. The number of amides is 2. The van der Waals surface area contributed by atoms with Crippen molar-refractivity contribution < 1.29 is 14.3 Å². The molecule has 3 N–H and O–H groups in total. The molecule has 136 valence electrons. The van der Waals surface area contributed by atoms with Gasteiger partial charge in [0.25, 0.3) is 11.8 Å². The van der Waals surface area contributed by atoms with Gasteiger partial charge in [0, 0.05) is 18.8 Å². The molecule has 3 heterocycles. The summed E-state index contributed by atoms with van der Waals surface area (Å²) >= 11 is 6.21. The van der Waals surface area contributed by atoms with Gasteiger partial charge in [0.05, 0.1) is 22.4 Å². The zero-order valence-electron chi connectivity index (χ0n) is 13.9. The standard InChI is InChI=1S/C17H18ClN5O3/c18-11-6-14-15(26-9-16(24)20-14)7-13(11)21-17(25)12-3-5-23(22-12)10-2-1-4-19-8-10/h3,5-7,10,19H,1-2,4,8-9H2,(H,20,24)(H,21,25). The molecular weight excluding hydrogens is 358 g/mol. The fraction of sp³-hybridized carbons (Fsp3) is 0.353. The summed E-state index contributed by atoms with van der Waals surface area (Å²) in [7, 11) is 0. The van der Waals surface area contributed by atoms with E-state index in [4.69, 9.17) is 16.3 Å². The van der Waals surface area contributed by atoms with Crippen LogP contribution in [-0.2, 0) is 4.79 Å². The normalized spacial score (nSPS) is 19.3. The number of halogens is 1. The number of benzene rings is 1. The summed E-state index contributed by atoms with van der Waals surface area (Å²) in [5, 5.41) is 13.4. The molecule has 0 aliphatic carbocycles. The lowest BCUT2D eigenvalue weighted by molar-refractivity contribution is -0.118. The second kappa shape index (κ2) is 6.97. The van der Waals surface area contributed by atoms with Crippen LogP contribution in [0, 0.1) is 0 Å². The Labute approximate surface area is 154 Å². The number of carbonyl (C=O) groups is 2. The number of hydrogen-bond donors (Lipinski definition) is 3. The van der Waals surface area contributed by atoms with E-state index in [-0.39, 0.29) is 24.5 Å². The Morgan fingerprint density at radius 1 is 1.42 bits per heavy atom. The molecule has 1 unspecified atom stereocenters. The maximum atomic E-state index is 12.5. The maximum absolute atomic E-state index is 12.5. The predicted molar refractivity (Wildman–Crippen MR) is 96.9 cm³/mol. The quantitative estimate of drug-likeness (QED) is 0.762. The van der Waals surface area contributed by atoms with E-state index < -0.39 is 0 Å². The highest BCUT2D eigenvalue weighted by atomic mass is 35.5. The molecule has 1 atom stereocenters. The topological polar surface area (TPSA) is 97.3 Å². The molecule has 9 heteroatoms. The second-order valence-corrected chi connectivity index (χ2v) is 6.71. The smallest absolute Gasteiger partial charge is 0.276 e. The number of rotatable bonds is 3. The van der Waals surface area contributed by atoms with Gasteiger partial charge in [0.1, 0.15) is 5.75 Å². The molecule has 2 amide bonds. The molecule has 0 spiro atoms. The molecule has 0 radical (unpaired) electrons. The Bertz CT molecular complexity index is 860. The SMILES string of the molecule is O=C1COc2cc(NC(=O)c3ccn(C4CCCNC4)n3)c(Cl)cc2N1. The summed E-state index contributed by atoms with van der Waals surface area (Å²) in [6.07, 6.45) is 3.95. The number of fused-ring (bicyclic) bond motifs is 1. The van der Waals surface area contributed by atoms with Gasteiger partial charge in [-0.05, 0) is 31.5 Å². The van der Waals surface area contributed by atoms with Gasteiger partial charge in [0.2, 0.25) is 0 Å². The van der Waals surface area contributed by atoms with E-state index in [1.54, 1.807) is 18.2 Å². The highest BCUT2D eigenvalue weighted by Gasteiger charge is 2.21. The van der Waals surface area contributed by atoms with E-state index in [9.17, 15) is 9.59 Å². The summed E-state index contributed by atoms with van der Waals surface area (Å²) in [5.41, 5.74) is 1.21. The van der Waals surface area contributed by atoms with Gasteiger partial charge in [-0.3, -0.25) is 14.3 Å². The van der Waals surface area contributed by atoms with Gasteiger partial charge in [-0.2, -0.15) is 5.10 Å². The van der Waals surface area contributed by atoms with Crippen LogP contribution in [0.15, 0.2) is 24.4 Å². The van der Waals surface area contributed by atoms with Crippen LogP contribution in [-0.4, -0.2) is 41.3 Å². The van der Waals surface area contributed by atoms with E-state index in [1.807, 2.05) is 10.9 Å². The molecule has 0 saturated carbocycles.